The van der Waals surface area contributed by atoms with Crippen LogP contribution >= 0.6 is 0 Å². The monoisotopic (exact) mass is 488 g/mol. The maximum atomic E-state index is 15.2. The molecule has 0 aliphatic carbocycles. The van der Waals surface area contributed by atoms with Crippen LogP contribution in [-0.2, 0) is 13.0 Å². The van der Waals surface area contributed by atoms with Crippen molar-refractivity contribution in [2.45, 2.75) is 13.0 Å². The third-order valence-corrected chi connectivity index (χ3v) is 6.61. The lowest BCUT2D eigenvalue weighted by Gasteiger charge is -2.10. The van der Waals surface area contributed by atoms with Crippen LogP contribution in [0.2, 0.25) is 0 Å². The van der Waals surface area contributed by atoms with E-state index in [0.29, 0.717) is 39.4 Å². The molecule has 1 aliphatic rings. The number of halogens is 2. The molecule has 6 aromatic rings. The van der Waals surface area contributed by atoms with Gasteiger partial charge in [0.1, 0.15) is 22.9 Å². The molecule has 0 unspecified atom stereocenters. The summed E-state index contributed by atoms with van der Waals surface area (Å²) in [5, 5.41) is 1.55. The van der Waals surface area contributed by atoms with E-state index < -0.39 is 28.5 Å². The van der Waals surface area contributed by atoms with Crippen LogP contribution in [0, 0.1) is 11.6 Å². The lowest BCUT2D eigenvalue weighted by molar-refractivity contribution is 0.360. The number of nitrogens with one attached hydrogen (secondary N) is 2. The third-order valence-electron chi connectivity index (χ3n) is 6.61. The maximum Gasteiger partial charge on any atom is 0.362 e. The molecular formula is C25H14F2N4O5. The number of rotatable bonds is 2. The molecule has 2 aromatic carbocycles. The molecule has 2 N–H and O–H groups in total. The van der Waals surface area contributed by atoms with Gasteiger partial charge in [0.2, 0.25) is 5.71 Å². The van der Waals surface area contributed by atoms with Gasteiger partial charge in [0.25, 0.3) is 5.56 Å². The fourth-order valence-corrected chi connectivity index (χ4v) is 5.09. The lowest BCUT2D eigenvalue weighted by atomic mass is 10.1. The zero-order chi connectivity index (χ0) is 24.7. The topological polar surface area (TPSA) is 123 Å². The third kappa shape index (κ3) is 2.73. The second-order valence-electron chi connectivity index (χ2n) is 8.61. The smallest absolute Gasteiger partial charge is 0.362 e. The standard InChI is InChI=1S/C25H14F2N4O5/c26-14-7-16-13(22(32)30-25(34)29-16)6-10(14)9-31-17-8-15(27)11-3-5-35-21(11)19(17)18-12-2-1-4-28-23(12)36-24(33)20(18)31/h1-2,4,6-8H,3,5,9H2,(H2,29,30,32,34). The number of benzene rings is 2. The maximum absolute atomic E-state index is 15.2. The average Bonchev–Trinajstić information content (AvgIpc) is 3.44. The fraction of sp³-hybridized carbons (Fsp3) is 0.120. The fourth-order valence-electron chi connectivity index (χ4n) is 5.09. The van der Waals surface area contributed by atoms with E-state index in [1.807, 2.05) is 0 Å². The predicted molar refractivity (Wildman–Crippen MR) is 127 cm³/mol. The van der Waals surface area contributed by atoms with E-state index in [-0.39, 0.29) is 40.8 Å². The Morgan fingerprint density at radius 1 is 1.03 bits per heavy atom. The van der Waals surface area contributed by atoms with Gasteiger partial charge in [-0.25, -0.2) is 23.4 Å². The molecule has 0 saturated carbocycles. The van der Waals surface area contributed by atoms with Crippen molar-refractivity contribution < 1.29 is 17.9 Å². The van der Waals surface area contributed by atoms with Crippen molar-refractivity contribution in [2.24, 2.45) is 0 Å². The van der Waals surface area contributed by atoms with E-state index in [0.717, 1.165) is 6.07 Å². The molecule has 0 radical (unpaired) electrons. The Balaban J connectivity index is 1.61. The summed E-state index contributed by atoms with van der Waals surface area (Å²) >= 11 is 0. The summed E-state index contributed by atoms with van der Waals surface area (Å²) in [7, 11) is 0. The summed E-state index contributed by atoms with van der Waals surface area (Å²) in [5.74, 6) is -0.889. The lowest BCUT2D eigenvalue weighted by Crippen LogP contribution is -2.22. The van der Waals surface area contributed by atoms with E-state index in [1.165, 1.54) is 22.9 Å². The molecule has 4 aromatic heterocycles. The van der Waals surface area contributed by atoms with Crippen molar-refractivity contribution in [3.63, 3.8) is 0 Å². The molecule has 0 saturated heterocycles. The van der Waals surface area contributed by atoms with Crippen LogP contribution < -0.4 is 21.6 Å². The highest BCUT2D eigenvalue weighted by molar-refractivity contribution is 6.21. The summed E-state index contributed by atoms with van der Waals surface area (Å²) in [6.07, 6.45) is 1.87. The van der Waals surface area contributed by atoms with Gasteiger partial charge in [-0.15, -0.1) is 0 Å². The Morgan fingerprint density at radius 3 is 2.75 bits per heavy atom. The summed E-state index contributed by atoms with van der Waals surface area (Å²) in [6.45, 7) is 0.0606. The van der Waals surface area contributed by atoms with Gasteiger partial charge < -0.3 is 18.7 Å². The molecule has 0 amide bonds. The van der Waals surface area contributed by atoms with Crippen LogP contribution in [0.25, 0.3) is 43.8 Å². The number of aromatic nitrogens is 4. The number of H-pyrrole nitrogens is 2. The van der Waals surface area contributed by atoms with Crippen LogP contribution in [0.3, 0.4) is 0 Å². The number of fused-ring (bicyclic) bond motifs is 8. The second-order valence-corrected chi connectivity index (χ2v) is 8.61. The number of aromatic amines is 2. The highest BCUT2D eigenvalue weighted by atomic mass is 19.1. The predicted octanol–water partition coefficient (Wildman–Crippen LogP) is 3.09. The minimum absolute atomic E-state index is 0.0288. The van der Waals surface area contributed by atoms with Crippen molar-refractivity contribution in [3.8, 4) is 5.75 Å². The number of nitrogens with zero attached hydrogens (tertiary/aromatic N) is 2. The van der Waals surface area contributed by atoms with E-state index >= 15 is 8.78 Å². The van der Waals surface area contributed by atoms with Gasteiger partial charge in [-0.3, -0.25) is 9.78 Å². The van der Waals surface area contributed by atoms with Crippen molar-refractivity contribution in [1.29, 1.82) is 0 Å². The molecule has 11 heteroatoms. The van der Waals surface area contributed by atoms with Gasteiger partial charge >= 0.3 is 11.3 Å². The van der Waals surface area contributed by atoms with Crippen molar-refractivity contribution in [1.82, 2.24) is 19.5 Å². The van der Waals surface area contributed by atoms with E-state index in [4.69, 9.17) is 9.15 Å². The van der Waals surface area contributed by atoms with Gasteiger partial charge in [-0.05, 0) is 30.3 Å². The minimum Gasteiger partial charge on any atom is -0.492 e. The van der Waals surface area contributed by atoms with Crippen LogP contribution in [-0.4, -0.2) is 26.1 Å². The van der Waals surface area contributed by atoms with Crippen molar-refractivity contribution in [2.75, 3.05) is 6.61 Å². The van der Waals surface area contributed by atoms with Crippen molar-refractivity contribution in [3.05, 3.63) is 90.5 Å². The summed E-state index contributed by atoms with van der Waals surface area (Å²) < 4.78 is 43.0. The molecule has 1 aliphatic heterocycles. The Labute approximate surface area is 197 Å². The normalized spacial score (nSPS) is 13.2. The highest BCUT2D eigenvalue weighted by Crippen LogP contribution is 2.43. The van der Waals surface area contributed by atoms with Gasteiger partial charge in [0.05, 0.1) is 35.0 Å². The molecule has 7 rings (SSSR count). The first-order chi connectivity index (χ1) is 17.4. The number of pyridine rings is 1. The molecule has 178 valence electrons. The first-order valence-electron chi connectivity index (χ1n) is 11.0. The Morgan fingerprint density at radius 2 is 1.89 bits per heavy atom. The largest absolute Gasteiger partial charge is 0.492 e. The first-order valence-corrected chi connectivity index (χ1v) is 11.0. The molecule has 0 spiro atoms. The highest BCUT2D eigenvalue weighted by Gasteiger charge is 2.28. The van der Waals surface area contributed by atoms with Crippen LogP contribution in [0.15, 0.2) is 55.3 Å². The molecular weight excluding hydrogens is 474 g/mol. The molecule has 9 nitrogen and oxygen atoms in total. The number of ether oxygens (including phenoxy) is 1. The van der Waals surface area contributed by atoms with E-state index in [2.05, 4.69) is 15.0 Å². The zero-order valence-electron chi connectivity index (χ0n) is 18.3. The molecule has 5 heterocycles. The van der Waals surface area contributed by atoms with Crippen LogP contribution in [0.5, 0.6) is 5.75 Å². The zero-order valence-corrected chi connectivity index (χ0v) is 18.3. The Hall–Kier alpha value is -4.80. The summed E-state index contributed by atoms with van der Waals surface area (Å²) in [4.78, 5) is 45.7. The number of hydrogen-bond donors (Lipinski definition) is 2. The van der Waals surface area contributed by atoms with Crippen LogP contribution in [0.4, 0.5) is 8.78 Å². The van der Waals surface area contributed by atoms with Crippen molar-refractivity contribution >= 4 is 43.8 Å². The second kappa shape index (κ2) is 7.11. The van der Waals surface area contributed by atoms with Gasteiger partial charge in [-0.1, -0.05) is 0 Å². The first kappa shape index (κ1) is 20.6. The summed E-state index contributed by atoms with van der Waals surface area (Å²) in [6, 6.07) is 7.05. The SMILES string of the molecule is O=c1[nH]c(=O)c2cc(Cn3c4cc(F)c5c(c4c4c6cccnc6oc(=O)c43)OCC5)c(F)cc2[nH]1. The Kier molecular flexibility index (Phi) is 4.06. The van der Waals surface area contributed by atoms with Crippen LogP contribution in [0.1, 0.15) is 11.1 Å². The minimum atomic E-state index is -0.760. The van der Waals surface area contributed by atoms with Gasteiger partial charge in [0.15, 0.2) is 0 Å². The molecule has 36 heavy (non-hydrogen) atoms. The average molecular weight is 488 g/mol. The molecule has 0 atom stereocenters. The quantitative estimate of drug-likeness (QED) is 0.386. The van der Waals surface area contributed by atoms with Gasteiger partial charge in [0, 0.05) is 34.5 Å². The molecule has 0 bridgehead atoms. The van der Waals surface area contributed by atoms with E-state index in [1.54, 1.807) is 12.1 Å². The van der Waals surface area contributed by atoms with Gasteiger partial charge in [-0.2, -0.15) is 0 Å². The summed E-state index contributed by atoms with van der Waals surface area (Å²) in [5.41, 5.74) is -1.20. The number of hydrogen-bond acceptors (Lipinski definition) is 6. The molecule has 0 fully saturated rings. The Bertz CT molecular complexity index is 2110. The van der Waals surface area contributed by atoms with E-state index in [9.17, 15) is 14.4 Å².